The fourth-order valence-electron chi connectivity index (χ4n) is 1.56. The summed E-state index contributed by atoms with van der Waals surface area (Å²) in [7, 11) is 0. The first-order valence-corrected chi connectivity index (χ1v) is 7.32. The maximum atomic E-state index is 11.7. The summed E-state index contributed by atoms with van der Waals surface area (Å²) in [6.45, 7) is 6.25. The van der Waals surface area contributed by atoms with Crippen LogP contribution in [-0.2, 0) is 0 Å². The standard InChI is InChI=1S/C11H17N7O2S/c1-4-5-20-8-13-7(12)14-9(15-8)21-11-17-16-10(19)18(11)6(2)3/h6H,4-5H2,1-3H3,(H,16,19)(H2,12,13,14,15). The van der Waals surface area contributed by atoms with Crippen molar-refractivity contribution in [3.05, 3.63) is 10.5 Å². The van der Waals surface area contributed by atoms with E-state index in [9.17, 15) is 4.79 Å². The Kier molecular flexibility index (Phi) is 4.78. The molecule has 0 amide bonds. The Balaban J connectivity index is 2.27. The minimum Gasteiger partial charge on any atom is -0.463 e. The van der Waals surface area contributed by atoms with Crippen LogP contribution in [-0.4, -0.2) is 36.3 Å². The topological polar surface area (TPSA) is 125 Å². The zero-order valence-corrected chi connectivity index (χ0v) is 12.8. The van der Waals surface area contributed by atoms with Crippen molar-refractivity contribution in [2.24, 2.45) is 0 Å². The Morgan fingerprint density at radius 2 is 2.14 bits per heavy atom. The van der Waals surface area contributed by atoms with Crippen LogP contribution in [0.1, 0.15) is 33.2 Å². The summed E-state index contributed by atoms with van der Waals surface area (Å²) in [6.07, 6.45) is 0.834. The van der Waals surface area contributed by atoms with Crippen molar-refractivity contribution in [3.63, 3.8) is 0 Å². The highest BCUT2D eigenvalue weighted by molar-refractivity contribution is 7.99. The predicted molar refractivity (Wildman–Crippen MR) is 77.4 cm³/mol. The normalized spacial score (nSPS) is 11.0. The summed E-state index contributed by atoms with van der Waals surface area (Å²) in [5.74, 6) is 0.0626. The quantitative estimate of drug-likeness (QED) is 0.804. The summed E-state index contributed by atoms with van der Waals surface area (Å²) >= 11 is 1.12. The van der Waals surface area contributed by atoms with E-state index in [0.717, 1.165) is 18.2 Å². The fraction of sp³-hybridized carbons (Fsp3) is 0.545. The molecule has 3 N–H and O–H groups in total. The van der Waals surface area contributed by atoms with Gasteiger partial charge in [0.1, 0.15) is 0 Å². The van der Waals surface area contributed by atoms with Crippen molar-refractivity contribution in [2.75, 3.05) is 12.3 Å². The first-order chi connectivity index (χ1) is 10.0. The van der Waals surface area contributed by atoms with Crippen LogP contribution < -0.4 is 16.2 Å². The molecular weight excluding hydrogens is 294 g/mol. The highest BCUT2D eigenvalue weighted by atomic mass is 32.2. The number of anilines is 1. The summed E-state index contributed by atoms with van der Waals surface area (Å²) in [5.41, 5.74) is 5.35. The molecule has 0 aromatic carbocycles. The number of aromatic nitrogens is 6. The highest BCUT2D eigenvalue weighted by Crippen LogP contribution is 2.24. The SMILES string of the molecule is CCCOc1nc(N)nc(Sc2n[nH]c(=O)n2C(C)C)n1. The molecule has 114 valence electrons. The lowest BCUT2D eigenvalue weighted by Crippen LogP contribution is -2.19. The van der Waals surface area contributed by atoms with Crippen LogP contribution in [0.3, 0.4) is 0 Å². The molecule has 0 saturated carbocycles. The largest absolute Gasteiger partial charge is 0.463 e. The average Bonchev–Trinajstić information content (AvgIpc) is 2.76. The van der Waals surface area contributed by atoms with Crippen LogP contribution >= 0.6 is 11.8 Å². The van der Waals surface area contributed by atoms with Crippen molar-refractivity contribution in [1.82, 2.24) is 29.7 Å². The Labute approximate surface area is 125 Å². The Hall–Kier alpha value is -2.10. The van der Waals surface area contributed by atoms with Gasteiger partial charge in [0.25, 0.3) is 0 Å². The molecule has 2 rings (SSSR count). The lowest BCUT2D eigenvalue weighted by molar-refractivity contribution is 0.288. The number of hydrogen-bond acceptors (Lipinski definition) is 8. The summed E-state index contributed by atoms with van der Waals surface area (Å²) in [4.78, 5) is 23.7. The predicted octanol–water partition coefficient (Wildman–Crippen LogP) is 0.859. The van der Waals surface area contributed by atoms with Crippen molar-refractivity contribution in [1.29, 1.82) is 0 Å². The molecule has 9 nitrogen and oxygen atoms in total. The maximum Gasteiger partial charge on any atom is 0.344 e. The highest BCUT2D eigenvalue weighted by Gasteiger charge is 2.15. The third-order valence-corrected chi connectivity index (χ3v) is 3.25. The molecule has 0 saturated heterocycles. The van der Waals surface area contributed by atoms with E-state index in [1.165, 1.54) is 4.57 Å². The molecular formula is C11H17N7O2S. The molecule has 10 heteroatoms. The zero-order chi connectivity index (χ0) is 15.4. The van der Waals surface area contributed by atoms with E-state index in [-0.39, 0.29) is 23.7 Å². The molecule has 2 aromatic heterocycles. The molecule has 0 aliphatic carbocycles. The molecule has 2 aromatic rings. The van der Waals surface area contributed by atoms with Crippen LogP contribution in [0, 0.1) is 0 Å². The molecule has 0 spiro atoms. The van der Waals surface area contributed by atoms with Gasteiger partial charge in [-0.05, 0) is 32.0 Å². The first kappa shape index (κ1) is 15.3. The van der Waals surface area contributed by atoms with E-state index in [2.05, 4.69) is 25.1 Å². The van der Waals surface area contributed by atoms with Gasteiger partial charge in [-0.3, -0.25) is 4.57 Å². The number of aromatic amines is 1. The lowest BCUT2D eigenvalue weighted by atomic mass is 10.4. The number of nitrogens with two attached hydrogens (primary N) is 1. The third-order valence-electron chi connectivity index (χ3n) is 2.42. The van der Waals surface area contributed by atoms with E-state index >= 15 is 0 Å². The van der Waals surface area contributed by atoms with E-state index < -0.39 is 0 Å². The van der Waals surface area contributed by atoms with Crippen molar-refractivity contribution >= 4 is 17.7 Å². The molecule has 0 radical (unpaired) electrons. The number of nitrogen functional groups attached to an aromatic ring is 1. The zero-order valence-electron chi connectivity index (χ0n) is 12.0. The van der Waals surface area contributed by atoms with Gasteiger partial charge in [-0.25, -0.2) is 9.89 Å². The summed E-state index contributed by atoms with van der Waals surface area (Å²) in [6, 6.07) is 0.134. The van der Waals surface area contributed by atoms with Gasteiger partial charge in [-0.15, -0.1) is 5.10 Å². The fourth-order valence-corrected chi connectivity index (χ4v) is 2.47. The molecule has 0 aliphatic heterocycles. The number of hydrogen-bond donors (Lipinski definition) is 2. The van der Waals surface area contributed by atoms with Crippen LogP contribution in [0.15, 0.2) is 15.1 Å². The number of ether oxygens (including phenoxy) is 1. The van der Waals surface area contributed by atoms with E-state index in [0.29, 0.717) is 16.9 Å². The van der Waals surface area contributed by atoms with Gasteiger partial charge in [0, 0.05) is 6.04 Å². The summed E-state index contributed by atoms with van der Waals surface area (Å²) < 4.78 is 6.86. The van der Waals surface area contributed by atoms with Crippen molar-refractivity contribution < 1.29 is 4.74 Å². The summed E-state index contributed by atoms with van der Waals surface area (Å²) in [5, 5.41) is 7.15. The second-order valence-electron chi connectivity index (χ2n) is 4.48. The van der Waals surface area contributed by atoms with E-state index in [1.54, 1.807) is 0 Å². The smallest absolute Gasteiger partial charge is 0.344 e. The van der Waals surface area contributed by atoms with Crippen LogP contribution in [0.5, 0.6) is 6.01 Å². The number of rotatable bonds is 6. The minimum absolute atomic E-state index is 0.0336. The number of nitrogens with zero attached hydrogens (tertiary/aromatic N) is 5. The molecule has 21 heavy (non-hydrogen) atoms. The van der Waals surface area contributed by atoms with Crippen LogP contribution in [0.4, 0.5) is 5.95 Å². The average molecular weight is 311 g/mol. The van der Waals surface area contributed by atoms with Gasteiger partial charge < -0.3 is 10.5 Å². The molecule has 0 bridgehead atoms. The Morgan fingerprint density at radius 1 is 1.38 bits per heavy atom. The van der Waals surface area contributed by atoms with E-state index in [1.807, 2.05) is 20.8 Å². The van der Waals surface area contributed by atoms with Crippen molar-refractivity contribution in [2.45, 2.75) is 43.5 Å². The minimum atomic E-state index is -0.281. The first-order valence-electron chi connectivity index (χ1n) is 6.50. The lowest BCUT2D eigenvalue weighted by Gasteiger charge is -2.08. The molecule has 2 heterocycles. The Bertz CT molecular complexity index is 667. The van der Waals surface area contributed by atoms with Gasteiger partial charge in [0.2, 0.25) is 11.1 Å². The maximum absolute atomic E-state index is 11.7. The second kappa shape index (κ2) is 6.57. The molecule has 0 atom stereocenters. The van der Waals surface area contributed by atoms with Gasteiger partial charge >= 0.3 is 11.7 Å². The van der Waals surface area contributed by atoms with E-state index in [4.69, 9.17) is 10.5 Å². The monoisotopic (exact) mass is 311 g/mol. The van der Waals surface area contributed by atoms with Crippen LogP contribution in [0.2, 0.25) is 0 Å². The molecule has 0 unspecified atom stereocenters. The number of nitrogens with one attached hydrogen (secondary N) is 1. The molecule has 0 fully saturated rings. The van der Waals surface area contributed by atoms with Gasteiger partial charge in [0.05, 0.1) is 6.61 Å². The number of H-pyrrole nitrogens is 1. The van der Waals surface area contributed by atoms with Crippen LogP contribution in [0.25, 0.3) is 0 Å². The van der Waals surface area contributed by atoms with Gasteiger partial charge in [-0.1, -0.05) is 6.92 Å². The van der Waals surface area contributed by atoms with Crippen molar-refractivity contribution in [3.8, 4) is 6.01 Å². The van der Waals surface area contributed by atoms with Gasteiger partial charge in [-0.2, -0.15) is 15.0 Å². The van der Waals surface area contributed by atoms with Gasteiger partial charge in [0.15, 0.2) is 5.16 Å². The Morgan fingerprint density at radius 3 is 2.81 bits per heavy atom. The third kappa shape index (κ3) is 3.72. The second-order valence-corrected chi connectivity index (χ2v) is 5.42. The molecule has 0 aliphatic rings.